The molecular weight excluding hydrogens is 304 g/mol. The number of aryl methyl sites for hydroxylation is 2. The van der Waals surface area contributed by atoms with Crippen LogP contribution in [0.25, 0.3) is 0 Å². The lowest BCUT2D eigenvalue weighted by Crippen LogP contribution is -2.40. The van der Waals surface area contributed by atoms with Gasteiger partial charge in [0.1, 0.15) is 11.5 Å². The molecular formula is C15H24N2O4S. The van der Waals surface area contributed by atoms with E-state index in [2.05, 4.69) is 17.4 Å². The molecule has 0 bridgehead atoms. The summed E-state index contributed by atoms with van der Waals surface area (Å²) in [5.74, 6) is 0.0809. The maximum atomic E-state index is 12.2. The van der Waals surface area contributed by atoms with E-state index in [-0.39, 0.29) is 11.8 Å². The summed E-state index contributed by atoms with van der Waals surface area (Å²) in [4.78, 5) is 12.0. The predicted octanol–water partition coefficient (Wildman–Crippen LogP) is 1.90. The topological polar surface area (TPSA) is 89.3 Å². The first-order valence-electron chi connectivity index (χ1n) is 7.68. The molecule has 0 radical (unpaired) electrons. The molecule has 1 aromatic heterocycles. The van der Waals surface area contributed by atoms with Crippen molar-refractivity contribution in [3.05, 3.63) is 17.0 Å². The second-order valence-electron chi connectivity index (χ2n) is 6.36. The van der Waals surface area contributed by atoms with Crippen molar-refractivity contribution in [1.29, 1.82) is 0 Å². The van der Waals surface area contributed by atoms with Crippen molar-refractivity contribution in [2.45, 2.75) is 58.2 Å². The first kappa shape index (κ1) is 17.0. The Balaban J connectivity index is 1.90. The molecule has 0 aromatic carbocycles. The molecule has 1 aromatic rings. The van der Waals surface area contributed by atoms with Gasteiger partial charge in [-0.2, -0.15) is 0 Å². The van der Waals surface area contributed by atoms with Crippen molar-refractivity contribution in [1.82, 2.24) is 10.5 Å². The molecule has 124 valence electrons. The van der Waals surface area contributed by atoms with Gasteiger partial charge in [-0.1, -0.05) is 12.1 Å². The highest BCUT2D eigenvalue weighted by molar-refractivity contribution is 7.91. The Bertz CT molecular complexity index is 608. The minimum atomic E-state index is -3.52. The maximum absolute atomic E-state index is 12.2. The number of aromatic nitrogens is 1. The van der Waals surface area contributed by atoms with Crippen molar-refractivity contribution < 1.29 is 17.7 Å². The van der Waals surface area contributed by atoms with E-state index in [9.17, 15) is 13.2 Å². The fourth-order valence-electron chi connectivity index (χ4n) is 2.85. The highest BCUT2D eigenvalue weighted by Gasteiger charge is 2.24. The largest absolute Gasteiger partial charge is 0.361 e. The molecule has 1 N–H and O–H groups in total. The van der Waals surface area contributed by atoms with E-state index in [1.807, 2.05) is 0 Å². The maximum Gasteiger partial charge on any atom is 0.235 e. The Morgan fingerprint density at radius 3 is 2.45 bits per heavy atom. The zero-order valence-corrected chi connectivity index (χ0v) is 14.2. The third kappa shape index (κ3) is 4.56. The summed E-state index contributed by atoms with van der Waals surface area (Å²) in [5.41, 5.74) is 1.11. The SMILES string of the molecule is Cc1noc(C)c1CS(=O)(=O)CC(=O)NC1CCC(C)CC1. The van der Waals surface area contributed by atoms with Crippen molar-refractivity contribution >= 4 is 15.7 Å². The average molecular weight is 328 g/mol. The second-order valence-corrected chi connectivity index (χ2v) is 8.42. The lowest BCUT2D eigenvalue weighted by molar-refractivity contribution is -0.119. The molecule has 0 aliphatic heterocycles. The van der Waals surface area contributed by atoms with Gasteiger partial charge in [0.05, 0.1) is 11.4 Å². The number of amides is 1. The van der Waals surface area contributed by atoms with Crippen LogP contribution in [0.3, 0.4) is 0 Å². The van der Waals surface area contributed by atoms with E-state index in [0.717, 1.165) is 25.7 Å². The van der Waals surface area contributed by atoms with Crippen LogP contribution in [-0.4, -0.2) is 31.3 Å². The van der Waals surface area contributed by atoms with Crippen LogP contribution in [0, 0.1) is 19.8 Å². The predicted molar refractivity (Wildman–Crippen MR) is 83.0 cm³/mol. The molecule has 0 spiro atoms. The third-order valence-electron chi connectivity index (χ3n) is 4.28. The van der Waals surface area contributed by atoms with Gasteiger partial charge in [0, 0.05) is 11.6 Å². The first-order valence-corrected chi connectivity index (χ1v) is 9.50. The Morgan fingerprint density at radius 2 is 1.91 bits per heavy atom. The van der Waals surface area contributed by atoms with Crippen LogP contribution in [0.1, 0.15) is 49.6 Å². The third-order valence-corrected chi connectivity index (χ3v) is 5.71. The van der Waals surface area contributed by atoms with Crippen LogP contribution in [0.5, 0.6) is 0 Å². The fraction of sp³-hybridized carbons (Fsp3) is 0.733. The van der Waals surface area contributed by atoms with E-state index in [1.54, 1.807) is 13.8 Å². The van der Waals surface area contributed by atoms with Crippen molar-refractivity contribution in [2.24, 2.45) is 5.92 Å². The van der Waals surface area contributed by atoms with Crippen molar-refractivity contribution in [2.75, 3.05) is 5.75 Å². The Kier molecular flexibility index (Phi) is 5.26. The van der Waals surface area contributed by atoms with Crippen molar-refractivity contribution in [3.63, 3.8) is 0 Å². The number of carbonyl (C=O) groups excluding carboxylic acids is 1. The molecule has 2 rings (SSSR count). The molecule has 1 fully saturated rings. The highest BCUT2D eigenvalue weighted by Crippen LogP contribution is 2.23. The lowest BCUT2D eigenvalue weighted by Gasteiger charge is -2.26. The summed E-state index contributed by atoms with van der Waals surface area (Å²) >= 11 is 0. The minimum Gasteiger partial charge on any atom is -0.361 e. The van der Waals surface area contributed by atoms with Crippen LogP contribution in [-0.2, 0) is 20.4 Å². The smallest absolute Gasteiger partial charge is 0.235 e. The number of hydrogen-bond acceptors (Lipinski definition) is 5. The quantitative estimate of drug-likeness (QED) is 0.891. The molecule has 1 heterocycles. The van der Waals surface area contributed by atoms with Gasteiger partial charge in [0.2, 0.25) is 5.91 Å². The Morgan fingerprint density at radius 1 is 1.27 bits per heavy atom. The highest BCUT2D eigenvalue weighted by atomic mass is 32.2. The number of carbonyl (C=O) groups is 1. The molecule has 1 amide bonds. The summed E-state index contributed by atoms with van der Waals surface area (Å²) in [6.07, 6.45) is 4.02. The van der Waals surface area contributed by atoms with E-state index in [4.69, 9.17) is 4.52 Å². The molecule has 1 saturated carbocycles. The molecule has 7 heteroatoms. The van der Waals surface area contributed by atoms with E-state index >= 15 is 0 Å². The first-order chi connectivity index (χ1) is 10.3. The second kappa shape index (κ2) is 6.81. The van der Waals surface area contributed by atoms with Gasteiger partial charge in [-0.15, -0.1) is 0 Å². The van der Waals surface area contributed by atoms with Gasteiger partial charge in [-0.05, 0) is 45.4 Å². The van der Waals surface area contributed by atoms with Crippen LogP contribution < -0.4 is 5.32 Å². The summed E-state index contributed by atoms with van der Waals surface area (Å²) in [6, 6.07) is 0.109. The molecule has 0 atom stereocenters. The van der Waals surface area contributed by atoms with E-state index in [0.29, 0.717) is 22.9 Å². The van der Waals surface area contributed by atoms with Crippen LogP contribution >= 0.6 is 0 Å². The lowest BCUT2D eigenvalue weighted by atomic mass is 9.87. The van der Waals surface area contributed by atoms with E-state index < -0.39 is 21.5 Å². The Hall–Kier alpha value is -1.37. The van der Waals surface area contributed by atoms with Gasteiger partial charge in [-0.3, -0.25) is 4.79 Å². The van der Waals surface area contributed by atoms with Gasteiger partial charge in [0.25, 0.3) is 0 Å². The minimum absolute atomic E-state index is 0.109. The van der Waals surface area contributed by atoms with Crippen LogP contribution in [0.15, 0.2) is 4.52 Å². The standard InChI is InChI=1S/C15H24N2O4S/c1-10-4-6-13(7-5-10)16-15(18)9-22(19,20)8-14-11(2)17-21-12(14)3/h10,13H,4-9H2,1-3H3,(H,16,18). The molecule has 1 aliphatic carbocycles. The number of hydrogen-bond donors (Lipinski definition) is 1. The summed E-state index contributed by atoms with van der Waals surface area (Å²) in [7, 11) is -3.52. The molecule has 0 saturated heterocycles. The number of rotatable bonds is 5. The zero-order valence-electron chi connectivity index (χ0n) is 13.4. The van der Waals surface area contributed by atoms with Crippen LogP contribution in [0.2, 0.25) is 0 Å². The number of nitrogens with zero attached hydrogens (tertiary/aromatic N) is 1. The summed E-state index contributed by atoms with van der Waals surface area (Å²) in [6.45, 7) is 5.57. The molecule has 0 unspecified atom stereocenters. The van der Waals surface area contributed by atoms with Crippen molar-refractivity contribution in [3.8, 4) is 0 Å². The van der Waals surface area contributed by atoms with Gasteiger partial charge >= 0.3 is 0 Å². The van der Waals surface area contributed by atoms with Gasteiger partial charge in [-0.25, -0.2) is 8.42 Å². The average Bonchev–Trinajstić information content (AvgIpc) is 2.72. The fourth-order valence-corrected chi connectivity index (χ4v) is 4.29. The Labute approximate surface area is 131 Å². The van der Waals surface area contributed by atoms with Crippen LogP contribution in [0.4, 0.5) is 0 Å². The monoisotopic (exact) mass is 328 g/mol. The van der Waals surface area contributed by atoms with Gasteiger partial charge < -0.3 is 9.84 Å². The van der Waals surface area contributed by atoms with Gasteiger partial charge in [0.15, 0.2) is 9.84 Å². The van der Waals surface area contributed by atoms with E-state index in [1.165, 1.54) is 0 Å². The molecule has 1 aliphatic rings. The summed E-state index contributed by atoms with van der Waals surface area (Å²) < 4.78 is 29.3. The normalized spacial score (nSPS) is 22.5. The molecule has 22 heavy (non-hydrogen) atoms. The zero-order chi connectivity index (χ0) is 16.3. The number of sulfone groups is 1. The summed E-state index contributed by atoms with van der Waals surface area (Å²) in [5, 5.41) is 6.59. The molecule has 6 nitrogen and oxygen atoms in total. The number of nitrogens with one attached hydrogen (secondary N) is 1.